The van der Waals surface area contributed by atoms with Crippen LogP contribution in [-0.4, -0.2) is 54.1 Å². The van der Waals surface area contributed by atoms with Gasteiger partial charge in [0.1, 0.15) is 5.69 Å². The fourth-order valence-electron chi connectivity index (χ4n) is 3.63. The summed E-state index contributed by atoms with van der Waals surface area (Å²) < 4.78 is 5.44. The molecule has 1 N–H and O–H groups in total. The van der Waals surface area contributed by atoms with Gasteiger partial charge < -0.3 is 15.0 Å². The Morgan fingerprint density at radius 2 is 1.94 bits per heavy atom. The third-order valence-electron chi connectivity index (χ3n) is 5.21. The number of nitrogens with zero attached hydrogens (tertiary/aromatic N) is 3. The van der Waals surface area contributed by atoms with Crippen LogP contribution in [0.15, 0.2) is 48.7 Å². The Labute approximate surface area is 185 Å². The summed E-state index contributed by atoms with van der Waals surface area (Å²) in [7, 11) is 0. The number of hydrogen-bond acceptors (Lipinski definition) is 6. The van der Waals surface area contributed by atoms with Gasteiger partial charge in [-0.05, 0) is 24.6 Å². The molecular weight excluding hydrogens is 416 g/mol. The van der Waals surface area contributed by atoms with E-state index < -0.39 is 0 Å². The van der Waals surface area contributed by atoms with Gasteiger partial charge in [0.25, 0.3) is 0 Å². The molecule has 0 radical (unpaired) electrons. The van der Waals surface area contributed by atoms with E-state index in [-0.39, 0.29) is 17.4 Å². The number of hydrogen-bond donors (Lipinski definition) is 1. The number of ketones is 1. The molecule has 0 spiro atoms. The molecule has 0 atom stereocenters. The lowest BCUT2D eigenvalue weighted by Crippen LogP contribution is -2.36. The molecule has 1 aromatic heterocycles. The van der Waals surface area contributed by atoms with Crippen LogP contribution in [0, 0.1) is 0 Å². The average molecular weight is 439 g/mol. The molecule has 160 valence electrons. The van der Waals surface area contributed by atoms with Gasteiger partial charge in [-0.25, -0.2) is 0 Å². The molecule has 0 saturated carbocycles. The smallest absolute Gasteiger partial charge is 0.224 e. The molecule has 1 amide bonds. The van der Waals surface area contributed by atoms with E-state index in [2.05, 4.69) is 20.4 Å². The maximum absolute atomic E-state index is 13.3. The summed E-state index contributed by atoms with van der Waals surface area (Å²) in [6.07, 6.45) is 2.54. The van der Waals surface area contributed by atoms with Crippen LogP contribution < -0.4 is 10.2 Å². The molecule has 3 aromatic rings. The number of carbonyl (C=O) groups excluding carboxylic acids is 2. The molecule has 2 heterocycles. The lowest BCUT2D eigenvalue weighted by atomic mass is 10.0. The number of halogens is 1. The quantitative estimate of drug-likeness (QED) is 0.447. The van der Waals surface area contributed by atoms with Gasteiger partial charge in [0, 0.05) is 41.7 Å². The van der Waals surface area contributed by atoms with Crippen molar-refractivity contribution in [1.29, 1.82) is 0 Å². The summed E-state index contributed by atoms with van der Waals surface area (Å²) in [5.74, 6) is 0.0426. The molecule has 31 heavy (non-hydrogen) atoms. The third-order valence-corrected chi connectivity index (χ3v) is 5.47. The first-order chi connectivity index (χ1) is 15.2. The van der Waals surface area contributed by atoms with Crippen LogP contribution in [0.2, 0.25) is 0 Å². The Hall–Kier alpha value is -3.03. The predicted octanol–water partition coefficient (Wildman–Crippen LogP) is 3.65. The summed E-state index contributed by atoms with van der Waals surface area (Å²) in [5.41, 5.74) is 2.19. The monoisotopic (exact) mass is 438 g/mol. The normalized spacial score (nSPS) is 13.9. The number of carbonyl (C=O) groups is 2. The van der Waals surface area contributed by atoms with E-state index in [0.29, 0.717) is 56.3 Å². The van der Waals surface area contributed by atoms with Crippen LogP contribution in [-0.2, 0) is 9.53 Å². The fourth-order valence-corrected chi connectivity index (χ4v) is 3.76. The molecule has 2 aromatic carbocycles. The molecule has 1 fully saturated rings. The molecule has 0 unspecified atom stereocenters. The number of alkyl halides is 1. The highest BCUT2D eigenvalue weighted by Gasteiger charge is 2.20. The Kier molecular flexibility index (Phi) is 6.74. The van der Waals surface area contributed by atoms with Gasteiger partial charge in [-0.2, -0.15) is 5.10 Å². The van der Waals surface area contributed by atoms with Crippen LogP contribution >= 0.6 is 11.6 Å². The minimum absolute atomic E-state index is 0.135. The van der Waals surface area contributed by atoms with Gasteiger partial charge in [0.05, 0.1) is 30.8 Å². The highest BCUT2D eigenvalue weighted by molar-refractivity contribution is 6.18. The van der Waals surface area contributed by atoms with Gasteiger partial charge >= 0.3 is 0 Å². The van der Waals surface area contributed by atoms with Crippen LogP contribution in [0.25, 0.3) is 10.8 Å². The molecule has 1 aliphatic rings. The van der Waals surface area contributed by atoms with Crippen molar-refractivity contribution in [2.45, 2.75) is 12.8 Å². The van der Waals surface area contributed by atoms with E-state index in [1.54, 1.807) is 18.3 Å². The molecule has 1 saturated heterocycles. The number of morpholine rings is 1. The summed E-state index contributed by atoms with van der Waals surface area (Å²) >= 11 is 5.72. The number of rotatable bonds is 7. The predicted molar refractivity (Wildman–Crippen MR) is 121 cm³/mol. The summed E-state index contributed by atoms with van der Waals surface area (Å²) in [6.45, 7) is 2.66. The largest absolute Gasteiger partial charge is 0.378 e. The number of nitrogens with one attached hydrogen (secondary N) is 1. The summed E-state index contributed by atoms with van der Waals surface area (Å²) in [6, 6.07) is 12.9. The van der Waals surface area contributed by atoms with Crippen molar-refractivity contribution in [2.24, 2.45) is 0 Å². The number of ether oxygens (including phenoxy) is 1. The Balaban J connectivity index is 1.69. The second-order valence-electron chi connectivity index (χ2n) is 7.28. The first kappa shape index (κ1) is 21.2. The second-order valence-corrected chi connectivity index (χ2v) is 7.66. The molecule has 4 rings (SSSR count). The highest BCUT2D eigenvalue weighted by atomic mass is 35.5. The van der Waals surface area contributed by atoms with E-state index in [9.17, 15) is 9.59 Å². The Bertz CT molecular complexity index is 1090. The Morgan fingerprint density at radius 3 is 2.74 bits per heavy atom. The van der Waals surface area contributed by atoms with E-state index >= 15 is 0 Å². The van der Waals surface area contributed by atoms with Crippen molar-refractivity contribution >= 4 is 45.4 Å². The van der Waals surface area contributed by atoms with Crippen LogP contribution in [0.1, 0.15) is 28.9 Å². The van der Waals surface area contributed by atoms with Crippen LogP contribution in [0.3, 0.4) is 0 Å². The van der Waals surface area contributed by atoms with E-state index in [4.69, 9.17) is 16.3 Å². The minimum Gasteiger partial charge on any atom is -0.378 e. The number of fused-ring (bicyclic) bond motifs is 1. The zero-order valence-corrected chi connectivity index (χ0v) is 17.8. The van der Waals surface area contributed by atoms with Crippen LogP contribution in [0.5, 0.6) is 0 Å². The minimum atomic E-state index is -0.242. The summed E-state index contributed by atoms with van der Waals surface area (Å²) in [5, 5.41) is 12.6. The highest BCUT2D eigenvalue weighted by Crippen LogP contribution is 2.30. The molecule has 1 aliphatic heterocycles. The zero-order valence-electron chi connectivity index (χ0n) is 17.0. The number of benzene rings is 2. The van der Waals surface area contributed by atoms with Crippen LogP contribution in [0.4, 0.5) is 11.4 Å². The maximum atomic E-state index is 13.3. The van der Waals surface area contributed by atoms with Crippen molar-refractivity contribution in [3.05, 3.63) is 59.9 Å². The lowest BCUT2D eigenvalue weighted by Gasteiger charge is -2.30. The first-order valence-electron chi connectivity index (χ1n) is 10.2. The average Bonchev–Trinajstić information content (AvgIpc) is 2.82. The van der Waals surface area contributed by atoms with Crippen molar-refractivity contribution in [1.82, 2.24) is 10.2 Å². The number of anilines is 2. The molecule has 7 nitrogen and oxygen atoms in total. The standard InChI is InChI=1S/C23H23ClN4O3/c24-9-3-6-21(29)26-19-14-16(7-8-20(19)28-10-12-31-13-11-28)23(30)22-18-5-2-1-4-17(18)15-25-27-22/h1-2,4-5,7-8,14-15H,3,6,9-13H2,(H,26,29). The van der Waals surface area contributed by atoms with Gasteiger partial charge in [0.2, 0.25) is 11.7 Å². The van der Waals surface area contributed by atoms with Gasteiger partial charge in [-0.3, -0.25) is 9.59 Å². The molecule has 0 bridgehead atoms. The van der Waals surface area contributed by atoms with E-state index in [0.717, 1.165) is 16.5 Å². The topological polar surface area (TPSA) is 84.4 Å². The van der Waals surface area contributed by atoms with E-state index in [1.807, 2.05) is 30.3 Å². The maximum Gasteiger partial charge on any atom is 0.224 e. The Morgan fingerprint density at radius 1 is 1.13 bits per heavy atom. The molecular formula is C23H23ClN4O3. The van der Waals surface area contributed by atoms with Crippen molar-refractivity contribution in [3.63, 3.8) is 0 Å². The zero-order chi connectivity index (χ0) is 21.6. The second kappa shape index (κ2) is 9.85. The number of amides is 1. The molecule has 8 heteroatoms. The van der Waals surface area contributed by atoms with Gasteiger partial charge in [-0.1, -0.05) is 24.3 Å². The van der Waals surface area contributed by atoms with Gasteiger partial charge in [-0.15, -0.1) is 16.7 Å². The number of aromatic nitrogens is 2. The van der Waals surface area contributed by atoms with Crippen molar-refractivity contribution in [3.8, 4) is 0 Å². The van der Waals surface area contributed by atoms with Gasteiger partial charge in [0.15, 0.2) is 0 Å². The lowest BCUT2D eigenvalue weighted by molar-refractivity contribution is -0.116. The van der Waals surface area contributed by atoms with E-state index in [1.165, 1.54) is 0 Å². The summed E-state index contributed by atoms with van der Waals surface area (Å²) in [4.78, 5) is 27.8. The first-order valence-corrected chi connectivity index (χ1v) is 10.8. The van der Waals surface area contributed by atoms with Crippen molar-refractivity contribution < 1.29 is 14.3 Å². The fraction of sp³-hybridized carbons (Fsp3) is 0.304. The third kappa shape index (κ3) is 4.84. The SMILES string of the molecule is O=C(CCCCl)Nc1cc(C(=O)c2nncc3ccccc23)ccc1N1CCOCC1. The molecule has 0 aliphatic carbocycles. The van der Waals surface area contributed by atoms with Crippen molar-refractivity contribution in [2.75, 3.05) is 42.4 Å².